The SMILES string of the molecule is CCCCOC(=O)CNc1cc(C)ccc1C. The summed E-state index contributed by atoms with van der Waals surface area (Å²) in [6.07, 6.45) is 1.97. The van der Waals surface area contributed by atoms with Crippen LogP contribution < -0.4 is 5.32 Å². The number of aryl methyl sites for hydroxylation is 2. The van der Waals surface area contributed by atoms with Crippen LogP contribution in [0.4, 0.5) is 5.69 Å². The largest absolute Gasteiger partial charge is 0.464 e. The van der Waals surface area contributed by atoms with Crippen molar-refractivity contribution in [3.8, 4) is 0 Å². The number of anilines is 1. The summed E-state index contributed by atoms with van der Waals surface area (Å²) in [7, 11) is 0. The molecule has 3 heteroatoms. The normalized spacial score (nSPS) is 10.1. The van der Waals surface area contributed by atoms with E-state index in [-0.39, 0.29) is 12.5 Å². The van der Waals surface area contributed by atoms with Crippen LogP contribution in [0.5, 0.6) is 0 Å². The van der Waals surface area contributed by atoms with Gasteiger partial charge in [0.15, 0.2) is 0 Å². The highest BCUT2D eigenvalue weighted by atomic mass is 16.5. The summed E-state index contributed by atoms with van der Waals surface area (Å²) in [6, 6.07) is 6.13. The molecular formula is C14H21NO2. The molecule has 0 aromatic heterocycles. The number of esters is 1. The molecule has 0 radical (unpaired) electrons. The Bertz CT molecular complexity index is 374. The molecule has 1 rings (SSSR count). The predicted octanol–water partition coefficient (Wildman–Crippen LogP) is 3.06. The number of benzene rings is 1. The number of hydrogen-bond donors (Lipinski definition) is 1. The van der Waals surface area contributed by atoms with E-state index in [0.717, 1.165) is 24.1 Å². The third kappa shape index (κ3) is 4.89. The fourth-order valence-electron chi connectivity index (χ4n) is 1.48. The Morgan fingerprint density at radius 1 is 1.35 bits per heavy atom. The van der Waals surface area contributed by atoms with Crippen LogP contribution in [0.1, 0.15) is 30.9 Å². The molecule has 0 saturated carbocycles. The van der Waals surface area contributed by atoms with E-state index in [1.54, 1.807) is 0 Å². The first-order valence-corrected chi connectivity index (χ1v) is 6.10. The summed E-state index contributed by atoms with van der Waals surface area (Å²) in [5.74, 6) is -0.195. The molecule has 0 bridgehead atoms. The molecule has 1 N–H and O–H groups in total. The molecule has 0 fully saturated rings. The van der Waals surface area contributed by atoms with Crippen molar-refractivity contribution in [2.45, 2.75) is 33.6 Å². The van der Waals surface area contributed by atoms with Crippen LogP contribution in [-0.4, -0.2) is 19.1 Å². The number of unbranched alkanes of at least 4 members (excludes halogenated alkanes) is 1. The zero-order valence-electron chi connectivity index (χ0n) is 10.9. The average molecular weight is 235 g/mol. The molecule has 0 spiro atoms. The van der Waals surface area contributed by atoms with Gasteiger partial charge in [0.25, 0.3) is 0 Å². The predicted molar refractivity (Wildman–Crippen MR) is 70.3 cm³/mol. The van der Waals surface area contributed by atoms with Gasteiger partial charge in [-0.3, -0.25) is 4.79 Å². The Hall–Kier alpha value is -1.51. The van der Waals surface area contributed by atoms with Gasteiger partial charge in [-0.15, -0.1) is 0 Å². The summed E-state index contributed by atoms with van der Waals surface area (Å²) >= 11 is 0. The van der Waals surface area contributed by atoms with Crippen LogP contribution in [-0.2, 0) is 9.53 Å². The van der Waals surface area contributed by atoms with Crippen molar-refractivity contribution in [1.29, 1.82) is 0 Å². The first-order chi connectivity index (χ1) is 8.13. The zero-order chi connectivity index (χ0) is 12.7. The topological polar surface area (TPSA) is 38.3 Å². The Kier molecular flexibility index (Phi) is 5.53. The second kappa shape index (κ2) is 6.94. The lowest BCUT2D eigenvalue weighted by Crippen LogP contribution is -2.17. The first kappa shape index (κ1) is 13.6. The van der Waals surface area contributed by atoms with E-state index < -0.39 is 0 Å². The van der Waals surface area contributed by atoms with Crippen molar-refractivity contribution in [2.24, 2.45) is 0 Å². The molecular weight excluding hydrogens is 214 g/mol. The van der Waals surface area contributed by atoms with E-state index in [2.05, 4.69) is 18.3 Å². The first-order valence-electron chi connectivity index (χ1n) is 6.10. The van der Waals surface area contributed by atoms with Crippen molar-refractivity contribution >= 4 is 11.7 Å². The van der Waals surface area contributed by atoms with Crippen molar-refractivity contribution in [2.75, 3.05) is 18.5 Å². The Labute approximate surface area is 103 Å². The molecule has 0 atom stereocenters. The molecule has 0 unspecified atom stereocenters. The van der Waals surface area contributed by atoms with Gasteiger partial charge in [0.05, 0.1) is 6.61 Å². The molecule has 1 aromatic rings. The van der Waals surface area contributed by atoms with Gasteiger partial charge in [-0.05, 0) is 37.5 Å². The van der Waals surface area contributed by atoms with Crippen LogP contribution in [0.25, 0.3) is 0 Å². The minimum atomic E-state index is -0.195. The van der Waals surface area contributed by atoms with Gasteiger partial charge < -0.3 is 10.1 Å². The number of carbonyl (C=O) groups is 1. The fraction of sp³-hybridized carbons (Fsp3) is 0.500. The molecule has 0 saturated heterocycles. The van der Waals surface area contributed by atoms with E-state index >= 15 is 0 Å². The molecule has 3 nitrogen and oxygen atoms in total. The monoisotopic (exact) mass is 235 g/mol. The van der Waals surface area contributed by atoms with Crippen LogP contribution in [0.2, 0.25) is 0 Å². The zero-order valence-corrected chi connectivity index (χ0v) is 10.9. The van der Waals surface area contributed by atoms with E-state index in [0.29, 0.717) is 6.61 Å². The summed E-state index contributed by atoms with van der Waals surface area (Å²) < 4.78 is 5.07. The summed E-state index contributed by atoms with van der Waals surface area (Å²) in [5.41, 5.74) is 3.31. The van der Waals surface area contributed by atoms with Gasteiger partial charge in [-0.25, -0.2) is 0 Å². The summed E-state index contributed by atoms with van der Waals surface area (Å²) in [5, 5.41) is 3.11. The van der Waals surface area contributed by atoms with Gasteiger partial charge in [0, 0.05) is 5.69 Å². The highest BCUT2D eigenvalue weighted by molar-refractivity contribution is 5.75. The lowest BCUT2D eigenvalue weighted by molar-refractivity contribution is -0.141. The van der Waals surface area contributed by atoms with Crippen molar-refractivity contribution in [1.82, 2.24) is 0 Å². The lowest BCUT2D eigenvalue weighted by Gasteiger charge is -2.10. The highest BCUT2D eigenvalue weighted by Gasteiger charge is 2.04. The summed E-state index contributed by atoms with van der Waals surface area (Å²) in [6.45, 7) is 6.87. The number of carbonyl (C=O) groups excluding carboxylic acids is 1. The molecule has 0 aliphatic carbocycles. The molecule has 17 heavy (non-hydrogen) atoms. The van der Waals surface area contributed by atoms with Gasteiger partial charge in [-0.1, -0.05) is 25.5 Å². The van der Waals surface area contributed by atoms with Crippen LogP contribution in [0, 0.1) is 13.8 Å². The summed E-state index contributed by atoms with van der Waals surface area (Å²) in [4.78, 5) is 11.4. The third-order valence-electron chi connectivity index (χ3n) is 2.58. The smallest absolute Gasteiger partial charge is 0.325 e. The van der Waals surface area contributed by atoms with Crippen molar-refractivity contribution < 1.29 is 9.53 Å². The van der Waals surface area contributed by atoms with E-state index in [4.69, 9.17) is 4.74 Å². The van der Waals surface area contributed by atoms with Gasteiger partial charge in [-0.2, -0.15) is 0 Å². The third-order valence-corrected chi connectivity index (χ3v) is 2.58. The lowest BCUT2D eigenvalue weighted by atomic mass is 10.1. The van der Waals surface area contributed by atoms with Crippen LogP contribution in [0.3, 0.4) is 0 Å². The molecule has 0 amide bonds. The van der Waals surface area contributed by atoms with Crippen molar-refractivity contribution in [3.63, 3.8) is 0 Å². The quantitative estimate of drug-likeness (QED) is 0.608. The second-order valence-electron chi connectivity index (χ2n) is 4.25. The van der Waals surface area contributed by atoms with Crippen LogP contribution >= 0.6 is 0 Å². The maximum Gasteiger partial charge on any atom is 0.325 e. The minimum Gasteiger partial charge on any atom is -0.464 e. The fourth-order valence-corrected chi connectivity index (χ4v) is 1.48. The van der Waals surface area contributed by atoms with Crippen LogP contribution in [0.15, 0.2) is 18.2 Å². The molecule has 0 aliphatic rings. The standard InChI is InChI=1S/C14H21NO2/c1-4-5-8-17-14(16)10-15-13-9-11(2)6-7-12(13)3/h6-7,9,15H,4-5,8,10H2,1-3H3. The maximum absolute atomic E-state index is 11.4. The van der Waals surface area contributed by atoms with Gasteiger partial charge in [0.1, 0.15) is 6.54 Å². The van der Waals surface area contributed by atoms with Gasteiger partial charge in [0.2, 0.25) is 0 Å². The molecule has 94 valence electrons. The number of rotatable bonds is 6. The number of hydrogen-bond acceptors (Lipinski definition) is 3. The van der Waals surface area contributed by atoms with Crippen molar-refractivity contribution in [3.05, 3.63) is 29.3 Å². The minimum absolute atomic E-state index is 0.195. The van der Waals surface area contributed by atoms with Gasteiger partial charge >= 0.3 is 5.97 Å². The maximum atomic E-state index is 11.4. The highest BCUT2D eigenvalue weighted by Crippen LogP contribution is 2.15. The molecule has 0 heterocycles. The Balaban J connectivity index is 2.39. The Morgan fingerprint density at radius 3 is 2.82 bits per heavy atom. The van der Waals surface area contributed by atoms with E-state index in [1.807, 2.05) is 26.0 Å². The van der Waals surface area contributed by atoms with E-state index in [9.17, 15) is 4.79 Å². The number of nitrogens with one attached hydrogen (secondary N) is 1. The number of ether oxygens (including phenoxy) is 1. The molecule has 0 aliphatic heterocycles. The average Bonchev–Trinajstić information content (AvgIpc) is 2.31. The molecule has 1 aromatic carbocycles. The second-order valence-corrected chi connectivity index (χ2v) is 4.25. The Morgan fingerprint density at radius 2 is 2.12 bits per heavy atom. The van der Waals surface area contributed by atoms with E-state index in [1.165, 1.54) is 5.56 Å².